The molecule has 0 spiro atoms. The largest absolute Gasteiger partial charge is 0.421 e. The molecular formula is C11H15N5O. The number of hydrogen-bond acceptors (Lipinski definition) is 6. The van der Waals surface area contributed by atoms with E-state index >= 15 is 0 Å². The van der Waals surface area contributed by atoms with Crippen molar-refractivity contribution in [2.45, 2.75) is 26.3 Å². The van der Waals surface area contributed by atoms with Crippen molar-refractivity contribution in [2.24, 2.45) is 0 Å². The summed E-state index contributed by atoms with van der Waals surface area (Å²) in [6.07, 6.45) is 5.49. The van der Waals surface area contributed by atoms with Crippen LogP contribution in [0.25, 0.3) is 11.5 Å². The Labute approximate surface area is 99.5 Å². The zero-order valence-electron chi connectivity index (χ0n) is 9.92. The van der Waals surface area contributed by atoms with Gasteiger partial charge in [0.25, 0.3) is 5.89 Å². The van der Waals surface area contributed by atoms with Crippen molar-refractivity contribution in [3.05, 3.63) is 24.6 Å². The van der Waals surface area contributed by atoms with Gasteiger partial charge in [-0.1, -0.05) is 13.8 Å². The molecule has 0 unspecified atom stereocenters. The molecule has 0 bridgehead atoms. The maximum absolute atomic E-state index is 5.51. The van der Waals surface area contributed by atoms with Gasteiger partial charge in [-0.2, -0.15) is 0 Å². The Kier molecular flexibility index (Phi) is 3.77. The lowest BCUT2D eigenvalue weighted by atomic mass is 10.3. The Morgan fingerprint density at radius 3 is 2.71 bits per heavy atom. The van der Waals surface area contributed by atoms with Crippen LogP contribution in [0.15, 0.2) is 23.1 Å². The van der Waals surface area contributed by atoms with Gasteiger partial charge in [0, 0.05) is 31.4 Å². The summed E-state index contributed by atoms with van der Waals surface area (Å²) in [5, 5.41) is 11.2. The molecule has 2 aromatic rings. The Balaban J connectivity index is 1.97. The summed E-state index contributed by atoms with van der Waals surface area (Å²) in [6.45, 7) is 5.02. The Morgan fingerprint density at radius 2 is 2.00 bits per heavy atom. The summed E-state index contributed by atoms with van der Waals surface area (Å²) >= 11 is 0. The molecule has 1 N–H and O–H groups in total. The summed E-state index contributed by atoms with van der Waals surface area (Å²) in [4.78, 5) is 7.81. The predicted octanol–water partition coefficient (Wildman–Crippen LogP) is 1.07. The van der Waals surface area contributed by atoms with E-state index in [0.717, 1.165) is 18.5 Å². The van der Waals surface area contributed by atoms with Gasteiger partial charge in [0.05, 0.1) is 5.56 Å². The van der Waals surface area contributed by atoms with E-state index in [1.807, 2.05) is 0 Å². The molecule has 2 rings (SSSR count). The first-order valence-electron chi connectivity index (χ1n) is 5.57. The first-order valence-corrected chi connectivity index (χ1v) is 5.57. The van der Waals surface area contributed by atoms with E-state index in [0.29, 0.717) is 17.8 Å². The predicted molar refractivity (Wildman–Crippen MR) is 62.2 cm³/mol. The van der Waals surface area contributed by atoms with Crippen molar-refractivity contribution in [2.75, 3.05) is 6.54 Å². The van der Waals surface area contributed by atoms with E-state index in [9.17, 15) is 0 Å². The van der Waals surface area contributed by atoms with Gasteiger partial charge in [-0.15, -0.1) is 10.2 Å². The maximum Gasteiger partial charge on any atom is 0.250 e. The molecule has 0 atom stereocenters. The molecular weight excluding hydrogens is 218 g/mol. The van der Waals surface area contributed by atoms with Gasteiger partial charge in [0.1, 0.15) is 6.33 Å². The second-order valence-corrected chi connectivity index (χ2v) is 3.99. The Bertz CT molecular complexity index is 454. The first kappa shape index (κ1) is 11.7. The maximum atomic E-state index is 5.51. The molecule has 0 saturated carbocycles. The molecule has 6 nitrogen and oxygen atoms in total. The summed E-state index contributed by atoms with van der Waals surface area (Å²) in [7, 11) is 0. The molecule has 2 heterocycles. The van der Waals surface area contributed by atoms with E-state index in [1.54, 1.807) is 12.4 Å². The average Bonchev–Trinajstić information content (AvgIpc) is 2.78. The van der Waals surface area contributed by atoms with Crippen molar-refractivity contribution in [3.63, 3.8) is 0 Å². The van der Waals surface area contributed by atoms with Gasteiger partial charge in [-0.05, 0) is 0 Å². The molecule has 0 saturated heterocycles. The molecule has 0 radical (unpaired) electrons. The van der Waals surface area contributed by atoms with Crippen LogP contribution in [-0.2, 0) is 6.42 Å². The third-order valence-electron chi connectivity index (χ3n) is 2.17. The van der Waals surface area contributed by atoms with Crippen molar-refractivity contribution >= 4 is 0 Å². The van der Waals surface area contributed by atoms with Crippen LogP contribution < -0.4 is 5.32 Å². The minimum atomic E-state index is 0.458. The van der Waals surface area contributed by atoms with Gasteiger partial charge >= 0.3 is 0 Å². The van der Waals surface area contributed by atoms with Gasteiger partial charge in [-0.25, -0.2) is 9.97 Å². The number of aromatic nitrogens is 4. The van der Waals surface area contributed by atoms with Gasteiger partial charge < -0.3 is 9.73 Å². The normalized spacial score (nSPS) is 11.0. The number of nitrogens with zero attached hydrogens (tertiary/aromatic N) is 4. The third-order valence-corrected chi connectivity index (χ3v) is 2.17. The monoisotopic (exact) mass is 233 g/mol. The first-order chi connectivity index (χ1) is 8.25. The fraction of sp³-hybridized carbons (Fsp3) is 0.455. The van der Waals surface area contributed by atoms with Crippen molar-refractivity contribution < 1.29 is 4.42 Å². The quantitative estimate of drug-likeness (QED) is 0.832. The minimum Gasteiger partial charge on any atom is -0.421 e. The highest BCUT2D eigenvalue weighted by molar-refractivity contribution is 5.48. The smallest absolute Gasteiger partial charge is 0.250 e. The van der Waals surface area contributed by atoms with Gasteiger partial charge in [0.15, 0.2) is 0 Å². The molecule has 6 heteroatoms. The van der Waals surface area contributed by atoms with E-state index in [-0.39, 0.29) is 0 Å². The van der Waals surface area contributed by atoms with Gasteiger partial charge in [0.2, 0.25) is 5.89 Å². The Hall–Kier alpha value is -1.82. The standard InChI is InChI=1S/C11H15N5O/c1-8(2)14-4-3-10-15-16-11(17-10)9-5-12-7-13-6-9/h5-8,14H,3-4H2,1-2H3. The average molecular weight is 233 g/mol. The van der Waals surface area contributed by atoms with Crippen LogP contribution in [0.5, 0.6) is 0 Å². The van der Waals surface area contributed by atoms with E-state index in [1.165, 1.54) is 6.33 Å². The molecule has 0 fully saturated rings. The van der Waals surface area contributed by atoms with Crippen LogP contribution >= 0.6 is 0 Å². The van der Waals surface area contributed by atoms with E-state index in [2.05, 4.69) is 39.3 Å². The number of hydrogen-bond donors (Lipinski definition) is 1. The highest BCUT2D eigenvalue weighted by Crippen LogP contribution is 2.14. The molecule has 0 aliphatic carbocycles. The van der Waals surface area contributed by atoms with Crippen LogP contribution in [-0.4, -0.2) is 32.8 Å². The highest BCUT2D eigenvalue weighted by Gasteiger charge is 2.08. The topological polar surface area (TPSA) is 76.7 Å². The molecule has 0 aliphatic heterocycles. The zero-order chi connectivity index (χ0) is 12.1. The highest BCUT2D eigenvalue weighted by atomic mass is 16.4. The summed E-state index contributed by atoms with van der Waals surface area (Å²) in [5.74, 6) is 1.09. The molecule has 17 heavy (non-hydrogen) atoms. The molecule has 0 aliphatic rings. The summed E-state index contributed by atoms with van der Waals surface area (Å²) < 4.78 is 5.51. The van der Waals surface area contributed by atoms with Gasteiger partial charge in [-0.3, -0.25) is 0 Å². The van der Waals surface area contributed by atoms with E-state index in [4.69, 9.17) is 4.42 Å². The van der Waals surface area contributed by atoms with Crippen LogP contribution in [0.4, 0.5) is 0 Å². The van der Waals surface area contributed by atoms with Crippen LogP contribution in [0.3, 0.4) is 0 Å². The lowest BCUT2D eigenvalue weighted by Crippen LogP contribution is -2.25. The van der Waals surface area contributed by atoms with Crippen LogP contribution in [0.2, 0.25) is 0 Å². The molecule has 0 amide bonds. The zero-order valence-corrected chi connectivity index (χ0v) is 9.92. The fourth-order valence-electron chi connectivity index (χ4n) is 1.35. The van der Waals surface area contributed by atoms with Crippen molar-refractivity contribution in [1.29, 1.82) is 0 Å². The lowest BCUT2D eigenvalue weighted by Gasteiger charge is -2.04. The van der Waals surface area contributed by atoms with E-state index < -0.39 is 0 Å². The molecule has 2 aromatic heterocycles. The van der Waals surface area contributed by atoms with Crippen LogP contribution in [0.1, 0.15) is 19.7 Å². The summed E-state index contributed by atoms with van der Waals surface area (Å²) in [6, 6.07) is 0.458. The Morgan fingerprint density at radius 1 is 1.24 bits per heavy atom. The molecule has 0 aromatic carbocycles. The second-order valence-electron chi connectivity index (χ2n) is 3.99. The van der Waals surface area contributed by atoms with Crippen LogP contribution in [0, 0.1) is 0 Å². The third kappa shape index (κ3) is 3.32. The second kappa shape index (κ2) is 5.49. The van der Waals surface area contributed by atoms with Crippen molar-refractivity contribution in [3.8, 4) is 11.5 Å². The SMILES string of the molecule is CC(C)NCCc1nnc(-c2cncnc2)o1. The lowest BCUT2D eigenvalue weighted by molar-refractivity contribution is 0.484. The number of rotatable bonds is 5. The summed E-state index contributed by atoms with van der Waals surface area (Å²) in [5.41, 5.74) is 0.739. The fourth-order valence-corrected chi connectivity index (χ4v) is 1.35. The van der Waals surface area contributed by atoms with Crippen molar-refractivity contribution in [1.82, 2.24) is 25.5 Å². The minimum absolute atomic E-state index is 0.458. The number of nitrogens with one attached hydrogen (secondary N) is 1. The molecule has 90 valence electrons.